The van der Waals surface area contributed by atoms with Gasteiger partial charge in [0.25, 0.3) is 0 Å². The van der Waals surface area contributed by atoms with E-state index in [1.807, 2.05) is 36.4 Å². The first kappa shape index (κ1) is 18.6. The highest BCUT2D eigenvalue weighted by Crippen LogP contribution is 2.39. The van der Waals surface area contributed by atoms with Crippen LogP contribution < -0.4 is 10.6 Å². The minimum absolute atomic E-state index is 0.114. The molecule has 0 spiro atoms. The number of anilines is 2. The number of H-pyrrole nitrogens is 1. The van der Waals surface area contributed by atoms with Crippen molar-refractivity contribution in [2.75, 3.05) is 10.6 Å². The Labute approximate surface area is 168 Å². The highest BCUT2D eigenvalue weighted by molar-refractivity contribution is 5.98. The van der Waals surface area contributed by atoms with Gasteiger partial charge in [-0.25, -0.2) is 4.98 Å². The number of hydrogen-bond acceptors (Lipinski definition) is 4. The molecule has 2 aromatic heterocycles. The van der Waals surface area contributed by atoms with Crippen LogP contribution >= 0.6 is 0 Å². The van der Waals surface area contributed by atoms with Gasteiger partial charge >= 0.3 is 0 Å². The highest BCUT2D eigenvalue weighted by Gasteiger charge is 2.25. The molecule has 7 heteroatoms. The smallest absolute Gasteiger partial charge is 0.248 e. The van der Waals surface area contributed by atoms with E-state index >= 15 is 0 Å². The molecule has 0 unspecified atom stereocenters. The van der Waals surface area contributed by atoms with Crippen LogP contribution in [0.5, 0.6) is 0 Å². The molecule has 29 heavy (non-hydrogen) atoms. The summed E-state index contributed by atoms with van der Waals surface area (Å²) in [5.41, 5.74) is 3.81. The van der Waals surface area contributed by atoms with E-state index < -0.39 is 0 Å². The van der Waals surface area contributed by atoms with Gasteiger partial charge in [-0.05, 0) is 42.2 Å². The fourth-order valence-corrected chi connectivity index (χ4v) is 3.05. The van der Waals surface area contributed by atoms with Crippen molar-refractivity contribution in [1.29, 1.82) is 0 Å². The third kappa shape index (κ3) is 4.76. The molecular formula is C22H21N5O2. The molecule has 2 heterocycles. The van der Waals surface area contributed by atoms with Gasteiger partial charge in [-0.15, -0.1) is 0 Å². The Balaban J connectivity index is 1.40. The molecule has 0 saturated heterocycles. The summed E-state index contributed by atoms with van der Waals surface area (Å²) < 4.78 is 0. The highest BCUT2D eigenvalue weighted by atomic mass is 16.2. The fourth-order valence-electron chi connectivity index (χ4n) is 3.05. The number of rotatable bonds is 7. The Morgan fingerprint density at radius 1 is 1.10 bits per heavy atom. The van der Waals surface area contributed by atoms with Gasteiger partial charge in [-0.2, -0.15) is 5.10 Å². The Hall–Kier alpha value is -3.74. The number of hydrogen-bond donors (Lipinski definition) is 3. The van der Waals surface area contributed by atoms with Crippen LogP contribution in [0.3, 0.4) is 0 Å². The number of carbonyl (C=O) groups excluding carboxylic acids is 2. The van der Waals surface area contributed by atoms with Gasteiger partial charge in [0.2, 0.25) is 11.8 Å². The molecule has 0 aliphatic heterocycles. The zero-order chi connectivity index (χ0) is 20.2. The molecule has 1 aliphatic rings. The number of nitrogens with one attached hydrogen (secondary N) is 3. The lowest BCUT2D eigenvalue weighted by Crippen LogP contribution is -2.14. The summed E-state index contributed by atoms with van der Waals surface area (Å²) in [4.78, 5) is 28.0. The van der Waals surface area contributed by atoms with Gasteiger partial charge < -0.3 is 10.6 Å². The van der Waals surface area contributed by atoms with Crippen LogP contribution in [0.2, 0.25) is 0 Å². The molecule has 1 aromatic carbocycles. The van der Waals surface area contributed by atoms with Crippen LogP contribution in [-0.2, 0) is 16.0 Å². The first-order chi connectivity index (χ1) is 14.1. The van der Waals surface area contributed by atoms with Crippen LogP contribution in [0.1, 0.15) is 30.0 Å². The second kappa shape index (κ2) is 8.10. The van der Waals surface area contributed by atoms with Crippen molar-refractivity contribution in [2.24, 2.45) is 0 Å². The largest absolute Gasteiger partial charge is 0.309 e. The summed E-state index contributed by atoms with van der Waals surface area (Å²) in [7, 11) is 0. The maximum absolute atomic E-state index is 12.4. The standard InChI is InChI=1S/C22H21N5O2/c1-2-21(28)24-19-9-8-17(13-23-19)16-5-3-4-14(10-16)11-22(29)25-20-12-18(26-27-20)15-6-7-15/h2-5,8-10,12-13,15H,1,6-7,11H2,(H,23,24,28)(H2,25,26,27,29). The van der Waals surface area contributed by atoms with Crippen molar-refractivity contribution in [2.45, 2.75) is 25.2 Å². The minimum Gasteiger partial charge on any atom is -0.309 e. The Morgan fingerprint density at radius 2 is 1.97 bits per heavy atom. The number of pyridine rings is 1. The van der Waals surface area contributed by atoms with E-state index in [1.54, 1.807) is 12.3 Å². The number of aromatic nitrogens is 3. The minimum atomic E-state index is -0.306. The summed E-state index contributed by atoms with van der Waals surface area (Å²) in [5.74, 6) is 1.17. The van der Waals surface area contributed by atoms with Crippen molar-refractivity contribution >= 4 is 23.5 Å². The zero-order valence-electron chi connectivity index (χ0n) is 15.8. The first-order valence-corrected chi connectivity index (χ1v) is 9.44. The number of aromatic amines is 1. The van der Waals surface area contributed by atoms with E-state index in [-0.39, 0.29) is 18.2 Å². The SMILES string of the molecule is C=CC(=O)Nc1ccc(-c2cccc(CC(=O)Nc3cc(C4CC4)[nH]n3)c2)cn1. The van der Waals surface area contributed by atoms with Gasteiger partial charge in [0.15, 0.2) is 5.82 Å². The molecule has 2 amide bonds. The van der Waals surface area contributed by atoms with Gasteiger partial charge in [0.05, 0.1) is 6.42 Å². The van der Waals surface area contributed by atoms with Gasteiger partial charge in [0, 0.05) is 29.4 Å². The first-order valence-electron chi connectivity index (χ1n) is 9.44. The van der Waals surface area contributed by atoms with Crippen LogP contribution in [0.25, 0.3) is 11.1 Å². The maximum Gasteiger partial charge on any atom is 0.248 e. The topological polar surface area (TPSA) is 99.8 Å². The third-order valence-corrected chi connectivity index (χ3v) is 4.71. The molecule has 0 radical (unpaired) electrons. The lowest BCUT2D eigenvalue weighted by Gasteiger charge is -2.07. The molecule has 3 N–H and O–H groups in total. The Morgan fingerprint density at radius 3 is 2.69 bits per heavy atom. The summed E-state index contributed by atoms with van der Waals surface area (Å²) in [6, 6.07) is 13.2. The molecule has 7 nitrogen and oxygen atoms in total. The van der Waals surface area contributed by atoms with E-state index in [2.05, 4.69) is 32.4 Å². The number of amides is 2. The normalized spacial score (nSPS) is 13.0. The summed E-state index contributed by atoms with van der Waals surface area (Å²) in [6.45, 7) is 3.41. The predicted molar refractivity (Wildman–Crippen MR) is 111 cm³/mol. The van der Waals surface area contributed by atoms with Crippen LogP contribution in [0, 0.1) is 0 Å². The molecule has 146 valence electrons. The van der Waals surface area contributed by atoms with E-state index in [9.17, 15) is 9.59 Å². The molecule has 0 atom stereocenters. The van der Waals surface area contributed by atoms with Crippen molar-refractivity contribution in [3.05, 3.63) is 72.6 Å². The number of nitrogens with zero attached hydrogens (tertiary/aromatic N) is 2. The quantitative estimate of drug-likeness (QED) is 0.539. The average Bonchev–Trinajstić information content (AvgIpc) is 3.48. The average molecular weight is 387 g/mol. The van der Waals surface area contributed by atoms with Crippen LogP contribution in [-0.4, -0.2) is 27.0 Å². The third-order valence-electron chi connectivity index (χ3n) is 4.71. The second-order valence-corrected chi connectivity index (χ2v) is 7.03. The predicted octanol–water partition coefficient (Wildman–Crippen LogP) is 3.65. The maximum atomic E-state index is 12.4. The fraction of sp³-hybridized carbons (Fsp3) is 0.182. The molecular weight excluding hydrogens is 366 g/mol. The van der Waals surface area contributed by atoms with Gasteiger partial charge in [0.1, 0.15) is 5.82 Å². The second-order valence-electron chi connectivity index (χ2n) is 7.03. The van der Waals surface area contributed by atoms with Crippen molar-refractivity contribution in [3.63, 3.8) is 0 Å². The molecule has 0 bridgehead atoms. The Kier molecular flexibility index (Phi) is 5.20. The lowest BCUT2D eigenvalue weighted by molar-refractivity contribution is -0.115. The lowest BCUT2D eigenvalue weighted by atomic mass is 10.0. The zero-order valence-corrected chi connectivity index (χ0v) is 15.8. The number of benzene rings is 1. The van der Waals surface area contributed by atoms with Crippen molar-refractivity contribution < 1.29 is 9.59 Å². The molecule has 1 fully saturated rings. The van der Waals surface area contributed by atoms with E-state index in [4.69, 9.17) is 0 Å². The van der Waals surface area contributed by atoms with Gasteiger partial charge in [-0.1, -0.05) is 30.8 Å². The monoisotopic (exact) mass is 387 g/mol. The molecule has 4 rings (SSSR count). The van der Waals surface area contributed by atoms with E-state index in [0.29, 0.717) is 17.6 Å². The van der Waals surface area contributed by atoms with Crippen molar-refractivity contribution in [3.8, 4) is 11.1 Å². The number of carbonyl (C=O) groups is 2. The molecule has 1 aliphatic carbocycles. The van der Waals surface area contributed by atoms with E-state index in [0.717, 1.165) is 22.4 Å². The molecule has 1 saturated carbocycles. The van der Waals surface area contributed by atoms with Crippen LogP contribution in [0.4, 0.5) is 11.6 Å². The summed E-state index contributed by atoms with van der Waals surface area (Å²) >= 11 is 0. The Bertz CT molecular complexity index is 1050. The molecule has 3 aromatic rings. The summed E-state index contributed by atoms with van der Waals surface area (Å²) in [5, 5.41) is 12.6. The summed E-state index contributed by atoms with van der Waals surface area (Å²) in [6.07, 6.45) is 5.49. The van der Waals surface area contributed by atoms with E-state index in [1.165, 1.54) is 18.9 Å². The van der Waals surface area contributed by atoms with Gasteiger partial charge in [-0.3, -0.25) is 14.7 Å². The van der Waals surface area contributed by atoms with Crippen LogP contribution in [0.15, 0.2) is 61.3 Å². The van der Waals surface area contributed by atoms with Crippen molar-refractivity contribution in [1.82, 2.24) is 15.2 Å².